The van der Waals surface area contributed by atoms with Crippen LogP contribution in [0.25, 0.3) is 0 Å². The van der Waals surface area contributed by atoms with E-state index in [9.17, 15) is 9.59 Å². The van der Waals surface area contributed by atoms with Crippen molar-refractivity contribution in [3.05, 3.63) is 57.6 Å². The summed E-state index contributed by atoms with van der Waals surface area (Å²) in [7, 11) is 1.36. The summed E-state index contributed by atoms with van der Waals surface area (Å²) in [5.41, 5.74) is 2.74. The molecule has 0 aromatic heterocycles. The molecule has 1 fully saturated rings. The van der Waals surface area contributed by atoms with Crippen LogP contribution in [0.2, 0.25) is 0 Å². The van der Waals surface area contributed by atoms with Gasteiger partial charge in [0.15, 0.2) is 0 Å². The maximum absolute atomic E-state index is 11.8. The van der Waals surface area contributed by atoms with E-state index in [-0.39, 0.29) is 18.5 Å². The maximum Gasteiger partial charge on any atom is 0.410 e. The summed E-state index contributed by atoms with van der Waals surface area (Å²) in [4.78, 5) is 25.0. The van der Waals surface area contributed by atoms with Crippen LogP contribution in [-0.4, -0.2) is 37.2 Å². The molecule has 0 aliphatic carbocycles. The highest BCUT2D eigenvalue weighted by atomic mass is 79.9. The number of rotatable bonds is 6. The largest absolute Gasteiger partial charge is 0.469 e. The van der Waals surface area contributed by atoms with E-state index in [1.165, 1.54) is 7.11 Å². The van der Waals surface area contributed by atoms with Crippen LogP contribution in [0.1, 0.15) is 16.7 Å². The average molecular weight is 434 g/mol. The fourth-order valence-corrected chi connectivity index (χ4v) is 3.20. The van der Waals surface area contributed by atoms with Gasteiger partial charge in [-0.25, -0.2) is 4.79 Å². The van der Waals surface area contributed by atoms with Crippen molar-refractivity contribution in [2.75, 3.05) is 20.3 Å². The van der Waals surface area contributed by atoms with Crippen LogP contribution >= 0.6 is 15.9 Å². The van der Waals surface area contributed by atoms with Crippen molar-refractivity contribution in [1.82, 2.24) is 4.90 Å². The van der Waals surface area contributed by atoms with E-state index in [1.54, 1.807) is 11.0 Å². The first-order valence-corrected chi connectivity index (χ1v) is 9.30. The first kappa shape index (κ1) is 19.2. The van der Waals surface area contributed by atoms with Gasteiger partial charge in [-0.1, -0.05) is 33.6 Å². The first-order valence-electron chi connectivity index (χ1n) is 8.50. The summed E-state index contributed by atoms with van der Waals surface area (Å²) in [5.74, 6) is 0.939. The number of hydrogen-bond acceptors (Lipinski definition) is 5. The molecular weight excluding hydrogens is 414 g/mol. The van der Waals surface area contributed by atoms with Crippen LogP contribution in [0.3, 0.4) is 0 Å². The molecule has 3 rings (SSSR count). The number of hydrogen-bond donors (Lipinski definition) is 0. The van der Waals surface area contributed by atoms with Gasteiger partial charge in [0.05, 0.1) is 26.6 Å². The topological polar surface area (TPSA) is 65.1 Å². The van der Waals surface area contributed by atoms with Gasteiger partial charge in [-0.2, -0.15) is 0 Å². The van der Waals surface area contributed by atoms with E-state index in [4.69, 9.17) is 14.2 Å². The van der Waals surface area contributed by atoms with Gasteiger partial charge in [-0.15, -0.1) is 0 Å². The predicted octanol–water partition coefficient (Wildman–Crippen LogP) is 4.22. The van der Waals surface area contributed by atoms with Crippen LogP contribution in [0.4, 0.5) is 4.79 Å². The Balaban J connectivity index is 1.84. The van der Waals surface area contributed by atoms with E-state index in [0.29, 0.717) is 31.2 Å². The maximum atomic E-state index is 11.8. The van der Waals surface area contributed by atoms with E-state index in [0.717, 1.165) is 21.2 Å². The lowest BCUT2D eigenvalue weighted by atomic mass is 10.1. The minimum Gasteiger partial charge on any atom is -0.469 e. The van der Waals surface area contributed by atoms with Gasteiger partial charge in [-0.3, -0.25) is 4.79 Å². The number of amides is 1. The molecule has 6 nitrogen and oxygen atoms in total. The highest BCUT2D eigenvalue weighted by molar-refractivity contribution is 9.10. The Morgan fingerprint density at radius 1 is 1.22 bits per heavy atom. The van der Waals surface area contributed by atoms with Crippen molar-refractivity contribution in [2.45, 2.75) is 19.9 Å². The van der Waals surface area contributed by atoms with Gasteiger partial charge in [0.2, 0.25) is 0 Å². The van der Waals surface area contributed by atoms with E-state index in [2.05, 4.69) is 15.9 Å². The molecule has 0 spiro atoms. The average Bonchev–Trinajstić information content (AvgIpc) is 3.04. The molecule has 2 aromatic rings. The third-order valence-electron chi connectivity index (χ3n) is 4.23. The zero-order valence-corrected chi connectivity index (χ0v) is 16.7. The minimum atomic E-state index is -0.323. The van der Waals surface area contributed by atoms with E-state index >= 15 is 0 Å². The lowest BCUT2D eigenvalue weighted by molar-refractivity contribution is -0.139. The van der Waals surface area contributed by atoms with Crippen molar-refractivity contribution >= 4 is 28.0 Å². The highest BCUT2D eigenvalue weighted by Gasteiger charge is 2.23. The van der Waals surface area contributed by atoms with Gasteiger partial charge in [0, 0.05) is 10.0 Å². The number of halogens is 1. The lowest BCUT2D eigenvalue weighted by Crippen LogP contribution is -2.23. The summed E-state index contributed by atoms with van der Waals surface area (Å²) >= 11 is 3.44. The van der Waals surface area contributed by atoms with Gasteiger partial charge in [0.25, 0.3) is 0 Å². The highest BCUT2D eigenvalue weighted by Crippen LogP contribution is 2.31. The molecule has 1 heterocycles. The van der Waals surface area contributed by atoms with Crippen molar-refractivity contribution in [3.63, 3.8) is 0 Å². The fourth-order valence-electron chi connectivity index (χ4n) is 2.81. The standard InChI is InChI=1S/C20H20BrNO5/c1-13-3-6-18(15(9-13)12-22-7-8-26-20(22)24)27-16-4-5-17(21)14(10-16)11-19(23)25-2/h3-6,9-10H,7-8,11-12H2,1-2H3. The normalized spacial score (nSPS) is 13.4. The van der Waals surface area contributed by atoms with E-state index in [1.807, 2.05) is 37.3 Å². The minimum absolute atomic E-state index is 0.147. The zero-order valence-electron chi connectivity index (χ0n) is 15.2. The molecule has 0 unspecified atom stereocenters. The van der Waals surface area contributed by atoms with Crippen molar-refractivity contribution in [2.24, 2.45) is 0 Å². The smallest absolute Gasteiger partial charge is 0.410 e. The molecule has 142 valence electrons. The summed E-state index contributed by atoms with van der Waals surface area (Å²) in [6.45, 7) is 3.38. The third-order valence-corrected chi connectivity index (χ3v) is 5.00. The van der Waals surface area contributed by atoms with Crippen LogP contribution < -0.4 is 4.74 Å². The van der Waals surface area contributed by atoms with Crippen molar-refractivity contribution in [1.29, 1.82) is 0 Å². The first-order chi connectivity index (χ1) is 13.0. The number of nitrogens with zero attached hydrogens (tertiary/aromatic N) is 1. The summed E-state index contributed by atoms with van der Waals surface area (Å²) in [5, 5.41) is 0. The molecule has 1 amide bonds. The number of ether oxygens (including phenoxy) is 3. The molecule has 0 atom stereocenters. The Labute approximate surface area is 166 Å². The monoisotopic (exact) mass is 433 g/mol. The second-order valence-electron chi connectivity index (χ2n) is 6.26. The lowest BCUT2D eigenvalue weighted by Gasteiger charge is -2.17. The summed E-state index contributed by atoms with van der Waals surface area (Å²) in [6.07, 6.45) is -0.166. The van der Waals surface area contributed by atoms with E-state index < -0.39 is 0 Å². The third kappa shape index (κ3) is 4.80. The number of methoxy groups -OCH3 is 1. The molecule has 1 aliphatic heterocycles. The predicted molar refractivity (Wildman–Crippen MR) is 103 cm³/mol. The Morgan fingerprint density at radius 2 is 2.04 bits per heavy atom. The van der Waals surface area contributed by atoms with Gasteiger partial charge in [0.1, 0.15) is 18.1 Å². The van der Waals surface area contributed by atoms with Crippen molar-refractivity contribution in [3.8, 4) is 11.5 Å². The molecule has 0 saturated carbocycles. The zero-order chi connectivity index (χ0) is 19.4. The Hall–Kier alpha value is -2.54. The summed E-state index contributed by atoms with van der Waals surface area (Å²) < 4.78 is 16.6. The van der Waals surface area contributed by atoms with Crippen LogP contribution in [0.15, 0.2) is 40.9 Å². The van der Waals surface area contributed by atoms with Gasteiger partial charge in [-0.05, 0) is 36.8 Å². The number of benzene rings is 2. The number of carbonyl (C=O) groups excluding carboxylic acids is 2. The Bertz CT molecular complexity index is 867. The SMILES string of the molecule is COC(=O)Cc1cc(Oc2ccc(C)cc2CN2CCOC2=O)ccc1Br. The number of carbonyl (C=O) groups is 2. The molecule has 1 saturated heterocycles. The molecule has 1 aliphatic rings. The molecule has 0 radical (unpaired) electrons. The van der Waals surface area contributed by atoms with Crippen molar-refractivity contribution < 1.29 is 23.8 Å². The van der Waals surface area contributed by atoms with Crippen LogP contribution in [-0.2, 0) is 27.2 Å². The number of cyclic esters (lactones) is 1. The Morgan fingerprint density at radius 3 is 2.74 bits per heavy atom. The molecular formula is C20H20BrNO5. The molecule has 0 N–H and O–H groups in total. The number of esters is 1. The Kier molecular flexibility index (Phi) is 6.01. The second-order valence-corrected chi connectivity index (χ2v) is 7.11. The molecule has 7 heteroatoms. The second kappa shape index (κ2) is 8.43. The molecule has 27 heavy (non-hydrogen) atoms. The van der Waals surface area contributed by atoms with Gasteiger partial charge >= 0.3 is 12.1 Å². The number of aryl methyl sites for hydroxylation is 1. The quantitative estimate of drug-likeness (QED) is 0.638. The molecule has 0 bridgehead atoms. The fraction of sp³-hybridized carbons (Fsp3) is 0.300. The summed E-state index contributed by atoms with van der Waals surface area (Å²) in [6, 6.07) is 11.3. The van der Waals surface area contributed by atoms with Crippen LogP contribution in [0.5, 0.6) is 11.5 Å². The van der Waals surface area contributed by atoms with Crippen LogP contribution in [0, 0.1) is 6.92 Å². The molecule has 2 aromatic carbocycles. The van der Waals surface area contributed by atoms with Gasteiger partial charge < -0.3 is 19.1 Å².